The summed E-state index contributed by atoms with van der Waals surface area (Å²) in [4.78, 5) is 15.2. The first-order valence-electron chi connectivity index (χ1n) is 5.75. The minimum absolute atomic E-state index is 0.0990. The second-order valence-corrected chi connectivity index (χ2v) is 6.08. The molecular weight excluding hydrogens is 330 g/mol. The number of carbonyl (C=O) groups excluding carboxylic acids is 1. The number of hydrogen-bond acceptors (Lipinski definition) is 6. The lowest BCUT2D eigenvalue weighted by Gasteiger charge is -2.05. The molecule has 2 aromatic rings. The Morgan fingerprint density at radius 1 is 1.45 bits per heavy atom. The topological polar surface area (TPSA) is 113 Å². The van der Waals surface area contributed by atoms with Crippen molar-refractivity contribution < 1.29 is 17.6 Å². The van der Waals surface area contributed by atoms with E-state index in [1.165, 1.54) is 18.5 Å². The number of halogens is 1. The van der Waals surface area contributed by atoms with Gasteiger partial charge < -0.3 is 4.42 Å². The van der Waals surface area contributed by atoms with Crippen molar-refractivity contribution in [1.82, 2.24) is 9.71 Å². The number of pyridine rings is 1. The number of nitriles is 1. The van der Waals surface area contributed by atoms with Crippen molar-refractivity contribution in [2.75, 3.05) is 0 Å². The molecule has 0 aromatic carbocycles. The summed E-state index contributed by atoms with van der Waals surface area (Å²) in [7, 11) is -4.19. The van der Waals surface area contributed by atoms with Gasteiger partial charge in [0, 0.05) is 18.5 Å². The number of aromatic nitrogens is 1. The van der Waals surface area contributed by atoms with Crippen LogP contribution in [0, 0.1) is 11.3 Å². The lowest BCUT2D eigenvalue weighted by molar-refractivity contribution is -0.115. The van der Waals surface area contributed by atoms with Gasteiger partial charge in [-0.25, -0.2) is 13.1 Å². The zero-order valence-electron chi connectivity index (χ0n) is 10.9. The van der Waals surface area contributed by atoms with Gasteiger partial charge in [0.25, 0.3) is 15.9 Å². The van der Waals surface area contributed by atoms with Crippen molar-refractivity contribution in [2.45, 2.75) is 4.90 Å². The van der Waals surface area contributed by atoms with Crippen LogP contribution in [0.15, 0.2) is 51.7 Å². The molecule has 0 aliphatic rings. The molecule has 0 radical (unpaired) electrons. The Hall–Kier alpha value is -2.63. The normalized spacial score (nSPS) is 11.7. The molecule has 9 heteroatoms. The van der Waals surface area contributed by atoms with Crippen LogP contribution in [0.1, 0.15) is 5.76 Å². The van der Waals surface area contributed by atoms with E-state index < -0.39 is 21.5 Å². The maximum atomic E-state index is 12.0. The summed E-state index contributed by atoms with van der Waals surface area (Å²) in [5.74, 6) is -0.840. The van der Waals surface area contributed by atoms with Crippen LogP contribution in [0.3, 0.4) is 0 Å². The molecule has 0 bridgehead atoms. The van der Waals surface area contributed by atoms with Crippen LogP contribution >= 0.6 is 11.6 Å². The highest BCUT2D eigenvalue weighted by molar-refractivity contribution is 7.90. The fourth-order valence-electron chi connectivity index (χ4n) is 1.44. The minimum atomic E-state index is -4.19. The molecule has 22 heavy (non-hydrogen) atoms. The Balaban J connectivity index is 2.25. The summed E-state index contributed by atoms with van der Waals surface area (Å²) >= 11 is 5.66. The number of furan rings is 1. The van der Waals surface area contributed by atoms with Crippen LogP contribution in [0.4, 0.5) is 0 Å². The molecule has 0 aliphatic carbocycles. The smallest absolute Gasteiger partial charge is 0.275 e. The summed E-state index contributed by atoms with van der Waals surface area (Å²) in [6.45, 7) is 0. The zero-order chi connectivity index (χ0) is 16.2. The predicted octanol–water partition coefficient (Wildman–Crippen LogP) is 1.74. The Morgan fingerprint density at radius 2 is 2.23 bits per heavy atom. The largest absolute Gasteiger partial charge is 0.465 e. The molecule has 0 aliphatic heterocycles. The van der Waals surface area contributed by atoms with Crippen molar-refractivity contribution in [2.24, 2.45) is 0 Å². The van der Waals surface area contributed by atoms with Gasteiger partial charge in [0.1, 0.15) is 22.3 Å². The first-order chi connectivity index (χ1) is 10.4. The van der Waals surface area contributed by atoms with Crippen LogP contribution in [0.5, 0.6) is 0 Å². The summed E-state index contributed by atoms with van der Waals surface area (Å²) in [5.41, 5.74) is -0.423. The fraction of sp³-hybridized carbons (Fsp3) is 0. The number of carbonyl (C=O) groups is 1. The average molecular weight is 338 g/mol. The van der Waals surface area contributed by atoms with Crippen molar-refractivity contribution >= 4 is 33.6 Å². The maximum Gasteiger partial charge on any atom is 0.275 e. The van der Waals surface area contributed by atoms with E-state index in [1.807, 2.05) is 0 Å². The van der Waals surface area contributed by atoms with Crippen molar-refractivity contribution in [1.29, 1.82) is 5.26 Å². The van der Waals surface area contributed by atoms with Crippen LogP contribution in [0.2, 0.25) is 5.02 Å². The Kier molecular flexibility index (Phi) is 4.60. The number of hydrogen-bond donors (Lipinski definition) is 1. The molecule has 2 aromatic heterocycles. The predicted molar refractivity (Wildman–Crippen MR) is 76.9 cm³/mol. The van der Waals surface area contributed by atoms with Crippen molar-refractivity contribution in [3.8, 4) is 6.07 Å². The van der Waals surface area contributed by atoms with Gasteiger partial charge >= 0.3 is 0 Å². The quantitative estimate of drug-likeness (QED) is 0.671. The second kappa shape index (κ2) is 6.43. The van der Waals surface area contributed by atoms with E-state index in [0.29, 0.717) is 0 Å². The lowest BCUT2D eigenvalue weighted by Crippen LogP contribution is -2.31. The van der Waals surface area contributed by atoms with Gasteiger partial charge in [0.05, 0.1) is 11.3 Å². The maximum absolute atomic E-state index is 12.0. The van der Waals surface area contributed by atoms with Gasteiger partial charge in [0.2, 0.25) is 0 Å². The third kappa shape index (κ3) is 3.72. The highest BCUT2D eigenvalue weighted by Gasteiger charge is 2.21. The molecule has 0 spiro atoms. The summed E-state index contributed by atoms with van der Waals surface area (Å²) < 4.78 is 30.8. The molecule has 0 saturated heterocycles. The van der Waals surface area contributed by atoms with E-state index >= 15 is 0 Å². The van der Waals surface area contributed by atoms with Gasteiger partial charge in [-0.3, -0.25) is 9.78 Å². The van der Waals surface area contributed by atoms with E-state index in [2.05, 4.69) is 4.98 Å². The van der Waals surface area contributed by atoms with Crippen LogP contribution in [-0.2, 0) is 14.8 Å². The van der Waals surface area contributed by atoms with E-state index in [1.54, 1.807) is 16.9 Å². The summed E-state index contributed by atoms with van der Waals surface area (Å²) in [6, 6.07) is 5.82. The molecule has 0 atom stereocenters. The van der Waals surface area contributed by atoms with E-state index in [0.717, 1.165) is 18.3 Å². The van der Waals surface area contributed by atoms with Crippen molar-refractivity contribution in [3.05, 3.63) is 53.2 Å². The standard InChI is InChI=1S/C13H8ClN3O4S/c14-10-5-12(8-16-7-10)22(19,20)17-13(18)9(6-15)4-11-2-1-3-21-11/h1-5,7-8H,(H,17,18)/b9-4+. The van der Waals surface area contributed by atoms with Crippen LogP contribution < -0.4 is 4.72 Å². The molecule has 2 rings (SSSR count). The molecule has 1 N–H and O–H groups in total. The van der Waals surface area contributed by atoms with Gasteiger partial charge in [-0.2, -0.15) is 5.26 Å². The number of nitrogens with zero attached hydrogens (tertiary/aromatic N) is 2. The summed E-state index contributed by atoms with van der Waals surface area (Å²) in [6.07, 6.45) is 4.76. The lowest BCUT2D eigenvalue weighted by atomic mass is 10.2. The molecule has 112 valence electrons. The Bertz CT molecular complexity index is 867. The third-order valence-electron chi connectivity index (χ3n) is 2.41. The van der Waals surface area contributed by atoms with E-state index in [9.17, 15) is 13.2 Å². The number of amides is 1. The van der Waals surface area contributed by atoms with Gasteiger partial charge in [0.15, 0.2) is 0 Å². The first kappa shape index (κ1) is 15.8. The van der Waals surface area contributed by atoms with Gasteiger partial charge in [-0.05, 0) is 18.2 Å². The van der Waals surface area contributed by atoms with Crippen LogP contribution in [-0.4, -0.2) is 19.3 Å². The highest BCUT2D eigenvalue weighted by Crippen LogP contribution is 2.14. The van der Waals surface area contributed by atoms with E-state index in [-0.39, 0.29) is 15.7 Å². The molecule has 7 nitrogen and oxygen atoms in total. The highest BCUT2D eigenvalue weighted by atomic mass is 35.5. The van der Waals surface area contributed by atoms with Crippen molar-refractivity contribution in [3.63, 3.8) is 0 Å². The second-order valence-electron chi connectivity index (χ2n) is 3.96. The number of nitrogens with one attached hydrogen (secondary N) is 1. The molecular formula is C13H8ClN3O4S. The average Bonchev–Trinajstić information content (AvgIpc) is 2.97. The minimum Gasteiger partial charge on any atom is -0.465 e. The van der Waals surface area contributed by atoms with Crippen LogP contribution in [0.25, 0.3) is 6.08 Å². The fourth-order valence-corrected chi connectivity index (χ4v) is 2.63. The third-order valence-corrected chi connectivity index (χ3v) is 3.92. The molecule has 0 saturated carbocycles. The van der Waals surface area contributed by atoms with Gasteiger partial charge in [-0.15, -0.1) is 0 Å². The Morgan fingerprint density at radius 3 is 2.82 bits per heavy atom. The molecule has 1 amide bonds. The molecule has 0 unspecified atom stereocenters. The zero-order valence-corrected chi connectivity index (χ0v) is 12.4. The SMILES string of the molecule is N#C/C(=C\c1ccco1)C(=O)NS(=O)(=O)c1cncc(Cl)c1. The summed E-state index contributed by atoms with van der Waals surface area (Å²) in [5, 5.41) is 9.06. The molecule has 2 heterocycles. The number of rotatable bonds is 4. The Labute approximate surface area is 130 Å². The monoisotopic (exact) mass is 337 g/mol. The van der Waals surface area contributed by atoms with Gasteiger partial charge in [-0.1, -0.05) is 11.6 Å². The number of sulfonamides is 1. The molecule has 0 fully saturated rings. The first-order valence-corrected chi connectivity index (χ1v) is 7.61. The van der Waals surface area contributed by atoms with E-state index in [4.69, 9.17) is 21.3 Å².